The number of nitrogens with zero attached hydrogens (tertiary/aromatic N) is 1. The molecule has 0 spiro atoms. The second kappa shape index (κ2) is 7.53. The third kappa shape index (κ3) is 3.73. The maximum absolute atomic E-state index is 11.4. The first-order valence-electron chi connectivity index (χ1n) is 8.92. The maximum atomic E-state index is 11.4. The Balaban J connectivity index is 1.49. The topological polar surface area (TPSA) is 70.0 Å². The van der Waals surface area contributed by atoms with E-state index in [1.807, 2.05) is 13.0 Å². The Bertz CT molecular complexity index is 542. The van der Waals surface area contributed by atoms with Crippen molar-refractivity contribution >= 4 is 6.09 Å². The van der Waals surface area contributed by atoms with Crippen LogP contribution in [-0.4, -0.2) is 52.1 Å². The van der Waals surface area contributed by atoms with Gasteiger partial charge < -0.3 is 14.9 Å². The van der Waals surface area contributed by atoms with Crippen LogP contribution in [0.1, 0.15) is 50.5 Å². The minimum Gasteiger partial charge on any atom is -0.465 e. The number of hydrogen-bond acceptors (Lipinski definition) is 3. The molecule has 1 aliphatic carbocycles. The summed E-state index contributed by atoms with van der Waals surface area (Å²) in [4.78, 5) is 12.7. The SMILES string of the molecule is C[C@@H]1CC(O)[C@H](COC2CCC(c3ccccc3)CC2)N1C(=O)O. The predicted octanol–water partition coefficient (Wildman–Crippen LogP) is 3.23. The molecule has 1 aromatic carbocycles. The van der Waals surface area contributed by atoms with Crippen molar-refractivity contribution in [1.29, 1.82) is 0 Å². The zero-order valence-corrected chi connectivity index (χ0v) is 14.2. The van der Waals surface area contributed by atoms with E-state index in [-0.39, 0.29) is 12.1 Å². The molecule has 24 heavy (non-hydrogen) atoms. The van der Waals surface area contributed by atoms with Crippen molar-refractivity contribution in [2.24, 2.45) is 0 Å². The Morgan fingerprint density at radius 1 is 1.21 bits per heavy atom. The Kier molecular flexibility index (Phi) is 5.41. The van der Waals surface area contributed by atoms with Gasteiger partial charge in [0, 0.05) is 6.04 Å². The maximum Gasteiger partial charge on any atom is 0.407 e. The number of aliphatic hydroxyl groups is 1. The first-order valence-corrected chi connectivity index (χ1v) is 8.92. The van der Waals surface area contributed by atoms with Crippen LogP contribution in [0.2, 0.25) is 0 Å². The summed E-state index contributed by atoms with van der Waals surface area (Å²) in [5, 5.41) is 19.4. The summed E-state index contributed by atoms with van der Waals surface area (Å²) in [6, 6.07) is 9.99. The van der Waals surface area contributed by atoms with Gasteiger partial charge in [-0.3, -0.25) is 4.90 Å². The van der Waals surface area contributed by atoms with Gasteiger partial charge in [0.05, 0.1) is 24.9 Å². The molecule has 2 aliphatic rings. The van der Waals surface area contributed by atoms with Crippen molar-refractivity contribution in [3.63, 3.8) is 0 Å². The van der Waals surface area contributed by atoms with Crippen LogP contribution in [-0.2, 0) is 4.74 Å². The fourth-order valence-electron chi connectivity index (χ4n) is 4.18. The Labute approximate surface area is 143 Å². The van der Waals surface area contributed by atoms with Crippen molar-refractivity contribution in [1.82, 2.24) is 4.90 Å². The second-order valence-corrected chi connectivity index (χ2v) is 7.13. The molecule has 1 saturated heterocycles. The van der Waals surface area contributed by atoms with Gasteiger partial charge in [-0.1, -0.05) is 30.3 Å². The lowest BCUT2D eigenvalue weighted by molar-refractivity contribution is -0.0238. The molecule has 1 aliphatic heterocycles. The fraction of sp³-hybridized carbons (Fsp3) is 0.632. The van der Waals surface area contributed by atoms with Crippen LogP contribution in [0.5, 0.6) is 0 Å². The van der Waals surface area contributed by atoms with E-state index in [0.29, 0.717) is 18.9 Å². The Hall–Kier alpha value is -1.59. The number of likely N-dealkylation sites (tertiary alicyclic amines) is 1. The van der Waals surface area contributed by atoms with Gasteiger partial charge in [-0.2, -0.15) is 0 Å². The third-order valence-corrected chi connectivity index (χ3v) is 5.53. The van der Waals surface area contributed by atoms with Gasteiger partial charge in [0.25, 0.3) is 0 Å². The summed E-state index contributed by atoms with van der Waals surface area (Å²) in [7, 11) is 0. The lowest BCUT2D eigenvalue weighted by Gasteiger charge is -2.32. The van der Waals surface area contributed by atoms with Crippen LogP contribution in [0.3, 0.4) is 0 Å². The molecule has 1 heterocycles. The van der Waals surface area contributed by atoms with Crippen molar-refractivity contribution < 1.29 is 19.7 Å². The molecule has 1 aromatic rings. The first kappa shape index (κ1) is 17.2. The molecule has 1 amide bonds. The highest BCUT2D eigenvalue weighted by Gasteiger charge is 2.41. The van der Waals surface area contributed by atoms with E-state index < -0.39 is 18.2 Å². The highest BCUT2D eigenvalue weighted by Crippen LogP contribution is 2.34. The van der Waals surface area contributed by atoms with E-state index >= 15 is 0 Å². The van der Waals surface area contributed by atoms with Crippen LogP contribution in [0.4, 0.5) is 4.79 Å². The number of rotatable bonds is 4. The number of amides is 1. The number of aliphatic hydroxyl groups excluding tert-OH is 1. The molecule has 0 bridgehead atoms. The van der Waals surface area contributed by atoms with E-state index in [2.05, 4.69) is 24.3 Å². The van der Waals surface area contributed by atoms with Gasteiger partial charge in [0.2, 0.25) is 0 Å². The Morgan fingerprint density at radius 3 is 2.50 bits per heavy atom. The normalized spacial score (nSPS) is 33.6. The standard InChI is InChI=1S/C19H27NO4/c1-13-11-18(21)17(20(13)19(22)23)12-24-16-9-7-15(8-10-16)14-5-3-2-4-6-14/h2-6,13,15-18,21H,7-12H2,1H3,(H,22,23)/t13-,15?,16?,17+,18?/m1/s1. The molecule has 5 nitrogen and oxygen atoms in total. The van der Waals surface area contributed by atoms with Crippen LogP contribution in [0, 0.1) is 0 Å². The van der Waals surface area contributed by atoms with Gasteiger partial charge in [-0.15, -0.1) is 0 Å². The minimum atomic E-state index is -0.972. The average Bonchev–Trinajstić information content (AvgIpc) is 2.88. The number of ether oxygens (including phenoxy) is 1. The van der Waals surface area contributed by atoms with Crippen LogP contribution in [0.25, 0.3) is 0 Å². The Morgan fingerprint density at radius 2 is 1.88 bits per heavy atom. The van der Waals surface area contributed by atoms with E-state index in [0.717, 1.165) is 25.7 Å². The van der Waals surface area contributed by atoms with Crippen LogP contribution < -0.4 is 0 Å². The molecule has 1 saturated carbocycles. The van der Waals surface area contributed by atoms with Gasteiger partial charge >= 0.3 is 6.09 Å². The number of carboxylic acid groups (broad SMARTS) is 1. The lowest BCUT2D eigenvalue weighted by atomic mass is 9.83. The van der Waals surface area contributed by atoms with Crippen molar-refractivity contribution in [3.05, 3.63) is 35.9 Å². The zero-order valence-electron chi connectivity index (χ0n) is 14.2. The quantitative estimate of drug-likeness (QED) is 0.887. The summed E-state index contributed by atoms with van der Waals surface area (Å²) in [5.41, 5.74) is 1.40. The smallest absolute Gasteiger partial charge is 0.407 e. The second-order valence-electron chi connectivity index (χ2n) is 7.13. The van der Waals surface area contributed by atoms with Crippen LogP contribution in [0.15, 0.2) is 30.3 Å². The van der Waals surface area contributed by atoms with E-state index in [1.54, 1.807) is 0 Å². The van der Waals surface area contributed by atoms with Crippen LogP contribution >= 0.6 is 0 Å². The number of hydrogen-bond donors (Lipinski definition) is 2. The molecule has 3 rings (SSSR count). The van der Waals surface area contributed by atoms with Gasteiger partial charge in [-0.25, -0.2) is 4.79 Å². The van der Waals surface area contributed by atoms with E-state index in [9.17, 15) is 15.0 Å². The third-order valence-electron chi connectivity index (χ3n) is 5.53. The predicted molar refractivity (Wildman–Crippen MR) is 91.1 cm³/mol. The van der Waals surface area contributed by atoms with Crippen molar-refractivity contribution in [2.75, 3.05) is 6.61 Å². The summed E-state index contributed by atoms with van der Waals surface area (Å²) >= 11 is 0. The molecule has 1 unspecified atom stereocenters. The molecule has 0 aromatic heterocycles. The summed E-state index contributed by atoms with van der Waals surface area (Å²) in [6.07, 6.45) is 3.24. The van der Waals surface area contributed by atoms with Crippen molar-refractivity contribution in [3.8, 4) is 0 Å². The monoisotopic (exact) mass is 333 g/mol. The highest BCUT2D eigenvalue weighted by atomic mass is 16.5. The molecule has 5 heteroatoms. The largest absolute Gasteiger partial charge is 0.465 e. The number of carbonyl (C=O) groups is 1. The van der Waals surface area contributed by atoms with Crippen molar-refractivity contribution in [2.45, 2.75) is 69.2 Å². The fourth-order valence-corrected chi connectivity index (χ4v) is 4.18. The van der Waals surface area contributed by atoms with Gasteiger partial charge in [0.1, 0.15) is 0 Å². The van der Waals surface area contributed by atoms with Gasteiger partial charge in [-0.05, 0) is 50.5 Å². The molecular weight excluding hydrogens is 306 g/mol. The summed E-state index contributed by atoms with van der Waals surface area (Å²) in [6.45, 7) is 2.13. The lowest BCUT2D eigenvalue weighted by Crippen LogP contribution is -2.45. The minimum absolute atomic E-state index is 0.153. The molecule has 3 atom stereocenters. The average molecular weight is 333 g/mol. The molecule has 2 fully saturated rings. The first-order chi connectivity index (χ1) is 11.6. The summed E-state index contributed by atoms with van der Waals surface area (Å²) in [5.74, 6) is 0.596. The van der Waals surface area contributed by atoms with E-state index in [4.69, 9.17) is 4.74 Å². The number of benzene rings is 1. The zero-order chi connectivity index (χ0) is 17.1. The molecule has 0 radical (unpaired) electrons. The molecular formula is C19H27NO4. The van der Waals surface area contributed by atoms with E-state index in [1.165, 1.54) is 10.5 Å². The molecule has 2 N–H and O–H groups in total. The molecule has 132 valence electrons. The van der Waals surface area contributed by atoms with Gasteiger partial charge in [0.15, 0.2) is 0 Å². The highest BCUT2D eigenvalue weighted by molar-refractivity contribution is 5.66. The summed E-state index contributed by atoms with van der Waals surface area (Å²) < 4.78 is 5.99.